The number of carbonyl (C=O) groups excluding carboxylic acids is 1. The van der Waals surface area contributed by atoms with Crippen LogP contribution in [0.15, 0.2) is 45.3 Å². The van der Waals surface area contributed by atoms with Crippen LogP contribution in [0.2, 0.25) is 0 Å². The van der Waals surface area contributed by atoms with Gasteiger partial charge in [0.1, 0.15) is 12.2 Å². The third-order valence-electron chi connectivity index (χ3n) is 3.40. The number of carbonyl (C=O) groups is 1. The summed E-state index contributed by atoms with van der Waals surface area (Å²) in [5, 5.41) is 0. The van der Waals surface area contributed by atoms with E-state index in [4.69, 9.17) is 15.2 Å². The maximum absolute atomic E-state index is 11.7. The number of nitrogens with two attached hydrogens (primary N) is 1. The van der Waals surface area contributed by atoms with Crippen molar-refractivity contribution in [3.63, 3.8) is 0 Å². The summed E-state index contributed by atoms with van der Waals surface area (Å²) < 4.78 is 12.5. The van der Waals surface area contributed by atoms with Crippen LogP contribution < -0.4 is 5.73 Å². The second kappa shape index (κ2) is 9.53. The molecule has 0 saturated heterocycles. The molecule has 0 aliphatic carbocycles. The average molecular weight is 497 g/mol. The monoisotopic (exact) mass is 495 g/mol. The van der Waals surface area contributed by atoms with Crippen LogP contribution in [0.3, 0.4) is 0 Å². The van der Waals surface area contributed by atoms with Gasteiger partial charge in [-0.05, 0) is 56.2 Å². The zero-order chi connectivity index (χ0) is 20.0. The van der Waals surface area contributed by atoms with Crippen LogP contribution in [-0.4, -0.2) is 18.2 Å². The lowest BCUT2D eigenvalue weighted by molar-refractivity contribution is -0.160. The summed E-state index contributed by atoms with van der Waals surface area (Å²) >= 11 is 7.19. The van der Waals surface area contributed by atoms with Crippen LogP contribution in [0.5, 0.6) is 0 Å². The molecule has 0 aliphatic rings. The topological polar surface area (TPSA) is 61.5 Å². The van der Waals surface area contributed by atoms with Gasteiger partial charge in [-0.1, -0.05) is 56.1 Å². The Morgan fingerprint density at radius 2 is 1.78 bits per heavy atom. The van der Waals surface area contributed by atoms with E-state index in [0.29, 0.717) is 6.61 Å². The highest BCUT2D eigenvalue weighted by Gasteiger charge is 2.16. The Morgan fingerprint density at radius 3 is 2.37 bits per heavy atom. The van der Waals surface area contributed by atoms with Gasteiger partial charge in [-0.3, -0.25) is 0 Å². The zero-order valence-electron chi connectivity index (χ0n) is 15.6. The van der Waals surface area contributed by atoms with Crippen molar-refractivity contribution in [1.29, 1.82) is 0 Å². The number of halogens is 2. The average Bonchev–Trinajstić information content (AvgIpc) is 2.52. The predicted molar refractivity (Wildman–Crippen MR) is 117 cm³/mol. The Bertz CT molecular complexity index is 819. The van der Waals surface area contributed by atoms with Crippen LogP contribution in [0.25, 0.3) is 12.2 Å². The number of rotatable bonds is 6. The molecule has 0 aromatic heterocycles. The molecule has 2 N–H and O–H groups in total. The quantitative estimate of drug-likeness (QED) is 0.311. The van der Waals surface area contributed by atoms with Crippen LogP contribution in [0, 0.1) is 0 Å². The molecular formula is C21H23Br2NO3. The van der Waals surface area contributed by atoms with Crippen LogP contribution in [-0.2, 0) is 20.9 Å². The summed E-state index contributed by atoms with van der Waals surface area (Å²) in [5.74, 6) is -0.373. The Morgan fingerprint density at radius 1 is 1.11 bits per heavy atom. The van der Waals surface area contributed by atoms with E-state index in [2.05, 4.69) is 31.9 Å². The molecule has 0 aliphatic heterocycles. The van der Waals surface area contributed by atoms with E-state index >= 15 is 0 Å². The van der Waals surface area contributed by atoms with Gasteiger partial charge in [-0.2, -0.15) is 0 Å². The van der Waals surface area contributed by atoms with Gasteiger partial charge in [-0.25, -0.2) is 4.79 Å². The third kappa shape index (κ3) is 7.48. The van der Waals surface area contributed by atoms with Crippen molar-refractivity contribution >= 4 is 55.7 Å². The van der Waals surface area contributed by atoms with Crippen molar-refractivity contribution in [2.75, 3.05) is 12.3 Å². The van der Waals surface area contributed by atoms with Gasteiger partial charge >= 0.3 is 5.97 Å². The molecule has 2 aromatic carbocycles. The van der Waals surface area contributed by atoms with Crippen LogP contribution >= 0.6 is 31.9 Å². The number of hydrogen-bond acceptors (Lipinski definition) is 4. The Hall–Kier alpha value is -1.63. The predicted octanol–water partition coefficient (Wildman–Crippen LogP) is 5.82. The Balaban J connectivity index is 2.01. The van der Waals surface area contributed by atoms with Crippen molar-refractivity contribution in [3.05, 3.63) is 62.0 Å². The van der Waals surface area contributed by atoms with E-state index in [-0.39, 0.29) is 12.6 Å². The molecule has 0 unspecified atom stereocenters. The fourth-order valence-electron chi connectivity index (χ4n) is 2.34. The van der Waals surface area contributed by atoms with E-state index < -0.39 is 5.60 Å². The Labute approximate surface area is 177 Å². The lowest BCUT2D eigenvalue weighted by Gasteiger charge is -2.19. The summed E-state index contributed by atoms with van der Waals surface area (Å²) in [5.41, 5.74) is 9.01. The molecule has 2 rings (SSSR count). The number of benzene rings is 2. The van der Waals surface area contributed by atoms with Crippen molar-refractivity contribution in [2.24, 2.45) is 0 Å². The zero-order valence-corrected chi connectivity index (χ0v) is 18.8. The third-order valence-corrected chi connectivity index (χ3v) is 4.71. The molecule has 0 heterocycles. The van der Waals surface area contributed by atoms with Gasteiger partial charge in [0.2, 0.25) is 0 Å². The minimum atomic E-state index is -0.510. The summed E-state index contributed by atoms with van der Waals surface area (Å²) in [7, 11) is 0. The molecule has 27 heavy (non-hydrogen) atoms. The van der Waals surface area contributed by atoms with Crippen LogP contribution in [0.4, 0.5) is 5.69 Å². The van der Waals surface area contributed by atoms with Crippen molar-refractivity contribution in [2.45, 2.75) is 33.0 Å². The SMILES string of the molecule is CC(C)(C)OC(=O)COCc1cc(Br)c(/C=C/c2cccc(N)c2)c(Br)c1. The minimum Gasteiger partial charge on any atom is -0.458 e. The summed E-state index contributed by atoms with van der Waals surface area (Å²) in [6, 6.07) is 11.6. The summed E-state index contributed by atoms with van der Waals surface area (Å²) in [6.07, 6.45) is 4.01. The molecule has 0 bridgehead atoms. The van der Waals surface area contributed by atoms with Gasteiger partial charge in [0.15, 0.2) is 0 Å². The van der Waals surface area contributed by atoms with E-state index in [1.165, 1.54) is 0 Å². The molecule has 0 saturated carbocycles. The first kappa shape index (κ1) is 21.7. The molecule has 0 atom stereocenters. The largest absolute Gasteiger partial charge is 0.458 e. The van der Waals surface area contributed by atoms with Gasteiger partial charge in [0.25, 0.3) is 0 Å². The normalized spacial score (nSPS) is 11.7. The standard InChI is InChI=1S/C21H23Br2NO3/c1-21(2,3)27-20(25)13-26-12-15-10-18(22)17(19(23)11-15)8-7-14-5-4-6-16(24)9-14/h4-11H,12-13,24H2,1-3H3/b8-7+. The van der Waals surface area contributed by atoms with E-state index in [9.17, 15) is 4.79 Å². The smallest absolute Gasteiger partial charge is 0.332 e. The van der Waals surface area contributed by atoms with E-state index in [1.54, 1.807) is 0 Å². The maximum Gasteiger partial charge on any atom is 0.332 e. The molecule has 0 fully saturated rings. The minimum absolute atomic E-state index is 0.0798. The molecule has 0 spiro atoms. The number of hydrogen-bond donors (Lipinski definition) is 1. The first-order valence-electron chi connectivity index (χ1n) is 8.45. The lowest BCUT2D eigenvalue weighted by atomic mass is 10.1. The van der Waals surface area contributed by atoms with Crippen LogP contribution in [0.1, 0.15) is 37.5 Å². The fourth-order valence-corrected chi connectivity index (χ4v) is 3.89. The number of anilines is 1. The van der Waals surface area contributed by atoms with E-state index in [0.717, 1.165) is 31.3 Å². The number of ether oxygens (including phenoxy) is 2. The van der Waals surface area contributed by atoms with Gasteiger partial charge in [-0.15, -0.1) is 0 Å². The Kier molecular flexibility index (Phi) is 7.65. The molecule has 6 heteroatoms. The van der Waals surface area contributed by atoms with Crippen molar-refractivity contribution < 1.29 is 14.3 Å². The van der Waals surface area contributed by atoms with Gasteiger partial charge in [0.05, 0.1) is 6.61 Å². The first-order chi connectivity index (χ1) is 12.6. The van der Waals surface area contributed by atoms with Crippen molar-refractivity contribution in [3.8, 4) is 0 Å². The molecule has 0 radical (unpaired) electrons. The molecule has 144 valence electrons. The summed E-state index contributed by atoms with van der Waals surface area (Å²) in [4.78, 5) is 11.7. The number of nitrogen functional groups attached to an aromatic ring is 1. The van der Waals surface area contributed by atoms with Crippen molar-refractivity contribution in [1.82, 2.24) is 0 Å². The van der Waals surface area contributed by atoms with Gasteiger partial charge in [0, 0.05) is 20.2 Å². The fraction of sp³-hybridized carbons (Fsp3) is 0.286. The van der Waals surface area contributed by atoms with E-state index in [1.807, 2.05) is 69.3 Å². The molecule has 0 amide bonds. The lowest BCUT2D eigenvalue weighted by Crippen LogP contribution is -2.26. The molecule has 2 aromatic rings. The highest BCUT2D eigenvalue weighted by molar-refractivity contribution is 9.11. The molecule has 4 nitrogen and oxygen atoms in total. The second-order valence-corrected chi connectivity index (χ2v) is 8.76. The first-order valence-corrected chi connectivity index (χ1v) is 10.0. The highest BCUT2D eigenvalue weighted by atomic mass is 79.9. The second-order valence-electron chi connectivity index (χ2n) is 7.06. The molecular weight excluding hydrogens is 474 g/mol. The maximum atomic E-state index is 11.7. The van der Waals surface area contributed by atoms with Gasteiger partial charge < -0.3 is 15.2 Å². The number of esters is 1. The summed E-state index contributed by atoms with van der Waals surface area (Å²) in [6.45, 7) is 5.72. The highest BCUT2D eigenvalue weighted by Crippen LogP contribution is 2.29.